The summed E-state index contributed by atoms with van der Waals surface area (Å²) in [5.74, 6) is -0.589. The lowest BCUT2D eigenvalue weighted by atomic mass is 9.86. The molecule has 0 radical (unpaired) electrons. The van der Waals surface area contributed by atoms with Crippen molar-refractivity contribution in [3.63, 3.8) is 0 Å². The number of hydrogen-bond acceptors (Lipinski definition) is 10. The highest BCUT2D eigenvalue weighted by Crippen LogP contribution is 2.54. The highest BCUT2D eigenvalue weighted by Gasteiger charge is 2.62. The Bertz CT molecular complexity index is 2150. The number of benzene rings is 1. The molecular formula is C42H54N6O9S. The molecule has 10 atom stereocenters. The Morgan fingerprint density at radius 3 is 2.57 bits per heavy atom. The Morgan fingerprint density at radius 1 is 1.05 bits per heavy atom. The molecule has 3 N–H and O–H groups in total. The predicted molar refractivity (Wildman–Crippen MR) is 214 cm³/mol. The van der Waals surface area contributed by atoms with E-state index < -0.39 is 68.7 Å². The van der Waals surface area contributed by atoms with Crippen LogP contribution in [0.4, 0.5) is 10.5 Å². The van der Waals surface area contributed by atoms with Crippen molar-refractivity contribution in [1.29, 1.82) is 0 Å². The maximum Gasteiger partial charge on any atom is 0.408 e. The van der Waals surface area contributed by atoms with Crippen LogP contribution in [0.1, 0.15) is 78.1 Å². The van der Waals surface area contributed by atoms with Gasteiger partial charge in [-0.2, -0.15) is 0 Å². The molecule has 7 aliphatic rings. The summed E-state index contributed by atoms with van der Waals surface area (Å²) in [5.41, 5.74) is -0.582. The van der Waals surface area contributed by atoms with Crippen molar-refractivity contribution in [2.45, 2.75) is 113 Å². The molecule has 312 valence electrons. The molecule has 4 saturated carbocycles. The maximum atomic E-state index is 15.3. The first-order valence-electron chi connectivity index (χ1n) is 21.0. The van der Waals surface area contributed by atoms with Gasteiger partial charge in [0, 0.05) is 42.4 Å². The third-order valence-electron chi connectivity index (χ3n) is 13.9. The van der Waals surface area contributed by atoms with Crippen molar-refractivity contribution in [2.24, 2.45) is 29.6 Å². The summed E-state index contributed by atoms with van der Waals surface area (Å²) in [5, 5.41) is 14.6. The third kappa shape index (κ3) is 7.12. The lowest BCUT2D eigenvalue weighted by molar-refractivity contribution is -0.145. The van der Waals surface area contributed by atoms with Crippen molar-refractivity contribution < 1.29 is 42.2 Å². The normalized spacial score (nSPS) is 35.2. The van der Waals surface area contributed by atoms with Gasteiger partial charge in [0.25, 0.3) is 5.91 Å². The van der Waals surface area contributed by atoms with E-state index in [1.165, 1.54) is 9.80 Å². The van der Waals surface area contributed by atoms with Crippen molar-refractivity contribution in [3.05, 3.63) is 36.5 Å². The van der Waals surface area contributed by atoms with Crippen LogP contribution in [0.2, 0.25) is 0 Å². The number of rotatable bonds is 7. The largest absolute Gasteiger partial charge is 0.489 e. The molecule has 2 aromatic rings. The first-order valence-corrected chi connectivity index (χ1v) is 22.6. The molecule has 3 aliphatic heterocycles. The minimum atomic E-state index is -3.91. The molecule has 5 fully saturated rings. The summed E-state index contributed by atoms with van der Waals surface area (Å²) < 4.78 is 40.9. The number of anilines is 1. The number of amides is 4. The molecule has 0 bridgehead atoms. The first-order chi connectivity index (χ1) is 27.7. The van der Waals surface area contributed by atoms with Crippen LogP contribution in [-0.2, 0) is 24.4 Å². The minimum absolute atomic E-state index is 0.0279. The Hall–Kier alpha value is -4.60. The van der Waals surface area contributed by atoms with E-state index >= 15 is 4.79 Å². The van der Waals surface area contributed by atoms with Crippen LogP contribution in [0.5, 0.6) is 11.6 Å². The van der Waals surface area contributed by atoms with Gasteiger partial charge in [0.15, 0.2) is 5.75 Å². The first kappa shape index (κ1) is 38.9. The maximum absolute atomic E-state index is 15.3. The number of fused-ring (bicyclic) bond motifs is 6. The third-order valence-corrected chi connectivity index (χ3v) is 15.7. The second-order valence-corrected chi connectivity index (χ2v) is 20.1. The van der Waals surface area contributed by atoms with E-state index in [0.29, 0.717) is 68.2 Å². The van der Waals surface area contributed by atoms with Crippen molar-refractivity contribution in [3.8, 4) is 11.6 Å². The molecule has 1 saturated heterocycles. The summed E-state index contributed by atoms with van der Waals surface area (Å²) in [6, 6.07) is 3.24. The monoisotopic (exact) mass is 818 g/mol. The highest BCUT2D eigenvalue weighted by atomic mass is 32.2. The number of carbonyl (C=O) groups is 4. The number of carboxylic acid groups (broad SMARTS) is 1. The zero-order valence-electron chi connectivity index (χ0n) is 33.3. The molecule has 0 spiro atoms. The lowest BCUT2D eigenvalue weighted by Crippen LogP contribution is -2.61. The minimum Gasteiger partial charge on any atom is -0.489 e. The topological polar surface area (TPSA) is 188 Å². The number of ether oxygens (including phenoxy) is 2. The zero-order chi connectivity index (χ0) is 40.7. The van der Waals surface area contributed by atoms with Gasteiger partial charge in [-0.25, -0.2) is 18.2 Å². The van der Waals surface area contributed by atoms with E-state index in [2.05, 4.69) is 26.8 Å². The number of hydrogen-bond donors (Lipinski definition) is 3. The molecule has 58 heavy (non-hydrogen) atoms. The standard InChI is InChI=1S/C42H54N6O9S/c1-23-6-4-5-7-27-21-42(27,40(51)45-58(54,55)30-8-9-30)44-37(49)34-20-29(57-38-32-10-11-33-36(31(32)12-13-43-38)56-15-14-46(33)3)22-47(34)39(50)35(24(2)16-23)48(41(52)53)28-18-25-17-26(25)19-28/h5,7,10-13,23-30,34-35H,4,6,8-9,14-22H2,1-3H3,(H,44,49)(H,45,51)(H,52,53)/b7-5-/t23-,24+,25-,26?,27+,28+,29+,34-,35-,42+/m0/s1. The van der Waals surface area contributed by atoms with E-state index in [1.807, 2.05) is 44.3 Å². The van der Waals surface area contributed by atoms with Crippen LogP contribution >= 0.6 is 0 Å². The van der Waals surface area contributed by atoms with Gasteiger partial charge < -0.3 is 29.7 Å². The number of nitrogens with one attached hydrogen (secondary N) is 2. The SMILES string of the molecule is C[C@H]1CC/C=C\[C@@H]2C[C@@]2(C(=O)NS(=O)(=O)C2CC2)NC(=O)[C@@H]2C[C@@H](Oc3nccc4c5c(ccc34)N(C)CCO5)CN2C(=O)[C@@H](N(C(=O)O)[C@H]2CC3C[C@H]3C2)[C@H](C)C1. The lowest BCUT2D eigenvalue weighted by Gasteiger charge is -2.40. The predicted octanol–water partition coefficient (Wildman–Crippen LogP) is 4.05. The second-order valence-electron chi connectivity index (χ2n) is 18.2. The van der Waals surface area contributed by atoms with Crippen LogP contribution < -0.4 is 24.4 Å². The van der Waals surface area contributed by atoms with E-state index in [4.69, 9.17) is 9.47 Å². The van der Waals surface area contributed by atoms with Gasteiger partial charge in [-0.1, -0.05) is 26.0 Å². The smallest absolute Gasteiger partial charge is 0.408 e. The van der Waals surface area contributed by atoms with Gasteiger partial charge in [0.05, 0.1) is 24.0 Å². The molecule has 9 rings (SSSR count). The zero-order valence-corrected chi connectivity index (χ0v) is 34.2. The van der Waals surface area contributed by atoms with Gasteiger partial charge in [0.1, 0.15) is 30.3 Å². The van der Waals surface area contributed by atoms with Crippen molar-refractivity contribution in [1.82, 2.24) is 24.8 Å². The van der Waals surface area contributed by atoms with Gasteiger partial charge in [-0.15, -0.1) is 0 Å². The Balaban J connectivity index is 1.07. The average molecular weight is 819 g/mol. The van der Waals surface area contributed by atoms with Gasteiger partial charge in [-0.05, 0) is 99.7 Å². The van der Waals surface area contributed by atoms with E-state index in [-0.39, 0.29) is 37.3 Å². The van der Waals surface area contributed by atoms with Crippen LogP contribution in [-0.4, -0.2) is 114 Å². The summed E-state index contributed by atoms with van der Waals surface area (Å²) in [7, 11) is -1.91. The second kappa shape index (κ2) is 14.6. The molecule has 4 aliphatic carbocycles. The number of likely N-dealkylation sites (N-methyl/N-ethyl adjacent to an activating group) is 1. The average Bonchev–Trinajstić information content (AvgIpc) is 4.14. The fourth-order valence-corrected chi connectivity index (χ4v) is 11.7. The summed E-state index contributed by atoms with van der Waals surface area (Å²) in [6.45, 7) is 5.28. The summed E-state index contributed by atoms with van der Waals surface area (Å²) >= 11 is 0. The quantitative estimate of drug-likeness (QED) is 0.342. The van der Waals surface area contributed by atoms with Crippen LogP contribution in [0.25, 0.3) is 10.8 Å². The molecular weight excluding hydrogens is 765 g/mol. The summed E-state index contributed by atoms with van der Waals surface area (Å²) in [4.78, 5) is 66.7. The number of allylic oxidation sites excluding steroid dienone is 1. The van der Waals surface area contributed by atoms with Gasteiger partial charge >= 0.3 is 6.09 Å². The van der Waals surface area contributed by atoms with E-state index in [0.717, 1.165) is 36.2 Å². The Labute approximate surface area is 338 Å². The fraction of sp³-hybridized carbons (Fsp3) is 0.643. The van der Waals surface area contributed by atoms with E-state index in [1.54, 1.807) is 6.20 Å². The van der Waals surface area contributed by atoms with Crippen molar-refractivity contribution >= 4 is 50.3 Å². The number of sulfonamides is 1. The molecule has 1 aromatic heterocycles. The molecule has 4 heterocycles. The van der Waals surface area contributed by atoms with Crippen LogP contribution in [0.3, 0.4) is 0 Å². The fourth-order valence-electron chi connectivity index (χ4n) is 10.4. The van der Waals surface area contributed by atoms with Gasteiger partial charge in [-0.3, -0.25) is 24.0 Å². The molecule has 16 heteroatoms. The number of pyridine rings is 1. The van der Waals surface area contributed by atoms with Crippen LogP contribution in [0.15, 0.2) is 36.5 Å². The number of nitrogens with zero attached hydrogens (tertiary/aromatic N) is 4. The Kier molecular flexibility index (Phi) is 9.79. The number of aromatic nitrogens is 1. The molecule has 4 amide bonds. The summed E-state index contributed by atoms with van der Waals surface area (Å²) in [6.07, 6.45) is 9.34. The molecule has 1 aromatic carbocycles. The van der Waals surface area contributed by atoms with E-state index in [9.17, 15) is 27.9 Å². The van der Waals surface area contributed by atoms with Crippen molar-refractivity contribution in [2.75, 3.05) is 31.6 Å². The van der Waals surface area contributed by atoms with Crippen LogP contribution in [0, 0.1) is 29.6 Å². The highest BCUT2D eigenvalue weighted by molar-refractivity contribution is 7.91. The molecule has 15 nitrogen and oxygen atoms in total. The Morgan fingerprint density at radius 2 is 1.83 bits per heavy atom. The van der Waals surface area contributed by atoms with Gasteiger partial charge in [0.2, 0.25) is 27.7 Å². The molecule has 1 unspecified atom stereocenters. The number of carbonyl (C=O) groups excluding carboxylic acids is 3.